The smallest absolute Gasteiger partial charge is 0.412 e. The van der Waals surface area contributed by atoms with Gasteiger partial charge in [-0.25, -0.2) is 4.79 Å². The largest absolute Gasteiger partial charge is 0.441 e. The predicted molar refractivity (Wildman–Crippen MR) is 101 cm³/mol. The van der Waals surface area contributed by atoms with Crippen LogP contribution in [-0.4, -0.2) is 11.2 Å². The molecule has 2 aromatic carbocycles. The van der Waals surface area contributed by atoms with Crippen molar-refractivity contribution in [1.82, 2.24) is 5.16 Å². The molecule has 1 amide bonds. The van der Waals surface area contributed by atoms with E-state index in [0.29, 0.717) is 22.2 Å². The number of carbonyl (C=O) groups is 1. The first-order chi connectivity index (χ1) is 12.5. The summed E-state index contributed by atoms with van der Waals surface area (Å²) in [5.41, 5.74) is 3.78. The summed E-state index contributed by atoms with van der Waals surface area (Å²) in [5.74, 6) is 0.503. The lowest BCUT2D eigenvalue weighted by molar-refractivity contribution is 0.121. The third-order valence-corrected chi connectivity index (χ3v) is 4.39. The van der Waals surface area contributed by atoms with Crippen LogP contribution in [0.1, 0.15) is 29.9 Å². The van der Waals surface area contributed by atoms with E-state index >= 15 is 0 Å². The zero-order valence-electron chi connectivity index (χ0n) is 14.7. The van der Waals surface area contributed by atoms with Crippen molar-refractivity contribution in [3.8, 4) is 11.3 Å². The van der Waals surface area contributed by atoms with Crippen molar-refractivity contribution < 1.29 is 14.1 Å². The fourth-order valence-electron chi connectivity index (χ4n) is 2.59. The molecule has 3 aromatic rings. The van der Waals surface area contributed by atoms with E-state index in [1.165, 1.54) is 0 Å². The number of nitrogens with one attached hydrogen (secondary N) is 1. The number of anilines is 1. The first-order valence-corrected chi connectivity index (χ1v) is 8.59. The number of hydrogen-bond donors (Lipinski definition) is 1. The number of ether oxygens (including phenoxy) is 1. The highest BCUT2D eigenvalue weighted by Crippen LogP contribution is 2.31. The van der Waals surface area contributed by atoms with Gasteiger partial charge in [-0.3, -0.25) is 5.32 Å². The molecular formula is C20H19ClN2O3. The first kappa shape index (κ1) is 18.0. The molecule has 0 fully saturated rings. The number of nitrogens with zero attached hydrogens (tertiary/aromatic N) is 1. The summed E-state index contributed by atoms with van der Waals surface area (Å²) in [6.07, 6.45) is -1.09. The van der Waals surface area contributed by atoms with Gasteiger partial charge in [0.05, 0.1) is 0 Å². The van der Waals surface area contributed by atoms with Crippen molar-refractivity contribution in [1.29, 1.82) is 0 Å². The molecule has 0 saturated heterocycles. The van der Waals surface area contributed by atoms with Crippen LogP contribution in [0, 0.1) is 13.8 Å². The second kappa shape index (κ2) is 7.62. The number of aromatic nitrogens is 1. The first-order valence-electron chi connectivity index (χ1n) is 8.21. The summed E-state index contributed by atoms with van der Waals surface area (Å²) in [5, 5.41) is 7.34. The van der Waals surface area contributed by atoms with Crippen molar-refractivity contribution in [3.05, 3.63) is 70.4 Å². The minimum Gasteiger partial charge on any atom is -0.441 e. The van der Waals surface area contributed by atoms with Crippen LogP contribution in [0.3, 0.4) is 0 Å². The average molecular weight is 371 g/mol. The van der Waals surface area contributed by atoms with E-state index in [1.54, 1.807) is 19.9 Å². The van der Waals surface area contributed by atoms with E-state index in [0.717, 1.165) is 16.7 Å². The van der Waals surface area contributed by atoms with Crippen LogP contribution in [0.15, 0.2) is 53.1 Å². The maximum atomic E-state index is 12.3. The Balaban J connectivity index is 1.77. The predicted octanol–water partition coefficient (Wildman–Crippen LogP) is 5.92. The molecule has 1 unspecified atom stereocenters. The average Bonchev–Trinajstić information content (AvgIpc) is 2.96. The Kier molecular flexibility index (Phi) is 5.28. The maximum Gasteiger partial charge on any atom is 0.412 e. The summed E-state index contributed by atoms with van der Waals surface area (Å²) < 4.78 is 10.7. The third-order valence-electron chi connectivity index (χ3n) is 4.04. The molecule has 1 aromatic heterocycles. The molecule has 6 heteroatoms. The molecule has 0 aliphatic heterocycles. The highest BCUT2D eigenvalue weighted by atomic mass is 35.5. The quantitative estimate of drug-likeness (QED) is 0.618. The topological polar surface area (TPSA) is 64.4 Å². The Bertz CT molecular complexity index is 919. The van der Waals surface area contributed by atoms with Crippen molar-refractivity contribution in [2.75, 3.05) is 5.32 Å². The molecule has 0 bridgehead atoms. The lowest BCUT2D eigenvalue weighted by atomic mass is 10.1. The lowest BCUT2D eigenvalue weighted by Crippen LogP contribution is -2.17. The van der Waals surface area contributed by atoms with E-state index in [1.807, 2.05) is 49.4 Å². The number of rotatable bonds is 4. The maximum absolute atomic E-state index is 12.3. The van der Waals surface area contributed by atoms with Gasteiger partial charge in [-0.1, -0.05) is 64.8 Å². The summed E-state index contributed by atoms with van der Waals surface area (Å²) in [7, 11) is 0. The minimum absolute atomic E-state index is 0.491. The van der Waals surface area contributed by atoms with Gasteiger partial charge in [0.15, 0.2) is 5.76 Å². The van der Waals surface area contributed by atoms with Crippen molar-refractivity contribution in [2.45, 2.75) is 26.9 Å². The molecule has 0 radical (unpaired) electrons. The van der Waals surface area contributed by atoms with Gasteiger partial charge in [0.2, 0.25) is 0 Å². The molecule has 1 heterocycles. The number of hydrogen-bond acceptors (Lipinski definition) is 4. The Morgan fingerprint density at radius 1 is 1.15 bits per heavy atom. The fraction of sp³-hybridized carbons (Fsp3) is 0.200. The van der Waals surface area contributed by atoms with Gasteiger partial charge in [-0.15, -0.1) is 0 Å². The molecule has 0 saturated carbocycles. The second-order valence-corrected chi connectivity index (χ2v) is 6.43. The Morgan fingerprint density at radius 3 is 2.54 bits per heavy atom. The normalized spacial score (nSPS) is 11.8. The zero-order valence-corrected chi connectivity index (χ0v) is 15.5. The van der Waals surface area contributed by atoms with Crippen LogP contribution in [-0.2, 0) is 4.74 Å². The molecular weight excluding hydrogens is 352 g/mol. The Morgan fingerprint density at radius 2 is 1.85 bits per heavy atom. The second-order valence-electron chi connectivity index (χ2n) is 6.02. The van der Waals surface area contributed by atoms with Gasteiger partial charge < -0.3 is 9.26 Å². The molecule has 0 aliphatic carbocycles. The van der Waals surface area contributed by atoms with E-state index in [2.05, 4.69) is 10.5 Å². The highest BCUT2D eigenvalue weighted by molar-refractivity contribution is 6.31. The van der Waals surface area contributed by atoms with Gasteiger partial charge in [-0.05, 0) is 26.8 Å². The standard InChI is InChI=1S/C20H19ClN2O3/c1-12-8-10-15(11-9-12)19-18(14(3)26-23-19)22-20(24)25-13(2)16-6-4-5-7-17(16)21/h4-11,13H,1-3H3,(H,22,24). The molecule has 26 heavy (non-hydrogen) atoms. The van der Waals surface area contributed by atoms with Crippen molar-refractivity contribution in [3.63, 3.8) is 0 Å². The summed E-state index contributed by atoms with van der Waals surface area (Å²) in [6.45, 7) is 5.50. The van der Waals surface area contributed by atoms with Gasteiger partial charge in [0.1, 0.15) is 17.5 Å². The van der Waals surface area contributed by atoms with Crippen molar-refractivity contribution >= 4 is 23.4 Å². The van der Waals surface area contributed by atoms with Crippen LogP contribution in [0.5, 0.6) is 0 Å². The van der Waals surface area contributed by atoms with Crippen LogP contribution < -0.4 is 5.32 Å². The third kappa shape index (κ3) is 3.89. The van der Waals surface area contributed by atoms with Crippen LogP contribution in [0.4, 0.5) is 10.5 Å². The monoisotopic (exact) mass is 370 g/mol. The molecule has 0 aliphatic rings. The zero-order chi connectivity index (χ0) is 18.7. The summed E-state index contributed by atoms with van der Waals surface area (Å²) in [4.78, 5) is 12.3. The van der Waals surface area contributed by atoms with E-state index < -0.39 is 12.2 Å². The highest BCUT2D eigenvalue weighted by Gasteiger charge is 2.20. The fourth-order valence-corrected chi connectivity index (χ4v) is 2.88. The summed E-state index contributed by atoms with van der Waals surface area (Å²) >= 11 is 6.15. The number of carbonyl (C=O) groups excluding carboxylic acids is 1. The van der Waals surface area contributed by atoms with Gasteiger partial charge >= 0.3 is 6.09 Å². The number of benzene rings is 2. The Labute approximate surface area is 156 Å². The molecule has 0 spiro atoms. The van der Waals surface area contributed by atoms with E-state index in [4.69, 9.17) is 20.9 Å². The SMILES string of the molecule is Cc1ccc(-c2noc(C)c2NC(=O)OC(C)c2ccccc2Cl)cc1. The van der Waals surface area contributed by atoms with Gasteiger partial charge in [0, 0.05) is 16.1 Å². The minimum atomic E-state index is -0.600. The number of halogens is 1. The van der Waals surface area contributed by atoms with Gasteiger partial charge in [0.25, 0.3) is 0 Å². The number of amides is 1. The van der Waals surface area contributed by atoms with Crippen molar-refractivity contribution in [2.24, 2.45) is 0 Å². The molecule has 3 rings (SSSR count). The van der Waals surface area contributed by atoms with E-state index in [9.17, 15) is 4.79 Å². The van der Waals surface area contributed by atoms with Crippen LogP contribution in [0.2, 0.25) is 5.02 Å². The van der Waals surface area contributed by atoms with Crippen LogP contribution in [0.25, 0.3) is 11.3 Å². The summed E-state index contributed by atoms with van der Waals surface area (Å²) in [6, 6.07) is 15.1. The Hall–Kier alpha value is -2.79. The van der Waals surface area contributed by atoms with Gasteiger partial charge in [-0.2, -0.15) is 0 Å². The molecule has 134 valence electrons. The molecule has 5 nitrogen and oxygen atoms in total. The number of aryl methyl sites for hydroxylation is 2. The van der Waals surface area contributed by atoms with Crippen LogP contribution >= 0.6 is 11.6 Å². The lowest BCUT2D eigenvalue weighted by Gasteiger charge is -2.15. The molecule has 1 N–H and O–H groups in total. The van der Waals surface area contributed by atoms with E-state index in [-0.39, 0.29) is 0 Å². The molecule has 1 atom stereocenters.